The van der Waals surface area contributed by atoms with Crippen LogP contribution in [-0.2, 0) is 9.53 Å². The topological polar surface area (TPSA) is 46.6 Å². The van der Waals surface area contributed by atoms with Crippen molar-refractivity contribution < 1.29 is 14.3 Å². The summed E-state index contributed by atoms with van der Waals surface area (Å²) < 4.78 is 4.79. The van der Waals surface area contributed by atoms with E-state index < -0.39 is 6.09 Å². The van der Waals surface area contributed by atoms with Gasteiger partial charge in [0.1, 0.15) is 11.6 Å². The van der Waals surface area contributed by atoms with Gasteiger partial charge >= 0.3 is 6.09 Å². The van der Waals surface area contributed by atoms with Crippen LogP contribution in [0.15, 0.2) is 5.70 Å². The minimum atomic E-state index is -0.491. The van der Waals surface area contributed by atoms with Gasteiger partial charge < -0.3 is 4.74 Å². The van der Waals surface area contributed by atoms with Crippen LogP contribution in [0.25, 0.3) is 0 Å². The standard InChI is InChI=1S/C9H12ClNO3/c1-2-14-9(13)11-4-3-7(10)5-8(11)6-12/h7H,2-5H2,1H3. The van der Waals surface area contributed by atoms with E-state index in [4.69, 9.17) is 16.3 Å². The number of ether oxygens (including phenoxy) is 1. The molecule has 0 bridgehead atoms. The maximum absolute atomic E-state index is 11.3. The average molecular weight is 218 g/mol. The number of hydrogen-bond donors (Lipinski definition) is 0. The maximum atomic E-state index is 11.3. The molecule has 1 amide bonds. The lowest BCUT2D eigenvalue weighted by molar-refractivity contribution is 0.113. The van der Waals surface area contributed by atoms with Gasteiger partial charge in [0.15, 0.2) is 0 Å². The summed E-state index contributed by atoms with van der Waals surface area (Å²) in [5.41, 5.74) is 0.287. The molecule has 1 rings (SSSR count). The fourth-order valence-corrected chi connectivity index (χ4v) is 1.57. The summed E-state index contributed by atoms with van der Waals surface area (Å²) in [6.07, 6.45) is 0.560. The number of carbonyl (C=O) groups is 1. The summed E-state index contributed by atoms with van der Waals surface area (Å²) in [6.45, 7) is 2.44. The van der Waals surface area contributed by atoms with Crippen LogP contribution in [0.5, 0.6) is 0 Å². The highest BCUT2D eigenvalue weighted by Crippen LogP contribution is 2.23. The molecule has 0 aliphatic carbocycles. The first-order valence-electron chi connectivity index (χ1n) is 4.51. The normalized spacial score (nSPS) is 21.7. The van der Waals surface area contributed by atoms with Gasteiger partial charge in [-0.25, -0.2) is 9.59 Å². The first-order valence-corrected chi connectivity index (χ1v) is 4.95. The van der Waals surface area contributed by atoms with Crippen molar-refractivity contribution in [2.24, 2.45) is 0 Å². The number of piperidine rings is 1. The molecule has 1 fully saturated rings. The van der Waals surface area contributed by atoms with E-state index in [-0.39, 0.29) is 11.1 Å². The number of amides is 1. The Balaban J connectivity index is 2.68. The second-order valence-corrected chi connectivity index (χ2v) is 3.61. The molecule has 0 aromatic carbocycles. The van der Waals surface area contributed by atoms with Crippen LogP contribution in [0.1, 0.15) is 19.8 Å². The van der Waals surface area contributed by atoms with E-state index in [0.29, 0.717) is 26.0 Å². The Morgan fingerprint density at radius 2 is 2.50 bits per heavy atom. The smallest absolute Gasteiger partial charge is 0.414 e. The van der Waals surface area contributed by atoms with Crippen LogP contribution in [0, 0.1) is 0 Å². The molecule has 1 unspecified atom stereocenters. The second-order valence-electron chi connectivity index (χ2n) is 2.99. The number of nitrogens with zero attached hydrogens (tertiary/aromatic N) is 1. The highest BCUT2D eigenvalue weighted by molar-refractivity contribution is 6.20. The van der Waals surface area contributed by atoms with Crippen molar-refractivity contribution in [3.8, 4) is 0 Å². The summed E-state index contributed by atoms with van der Waals surface area (Å²) in [5.74, 6) is 1.73. The summed E-state index contributed by atoms with van der Waals surface area (Å²) >= 11 is 5.86. The largest absolute Gasteiger partial charge is 0.449 e. The monoisotopic (exact) mass is 217 g/mol. The Hall–Kier alpha value is -0.990. The molecule has 0 aromatic rings. The van der Waals surface area contributed by atoms with E-state index in [0.717, 1.165) is 0 Å². The van der Waals surface area contributed by atoms with Gasteiger partial charge in [0.2, 0.25) is 0 Å². The second kappa shape index (κ2) is 5.03. The molecule has 0 aromatic heterocycles. The fourth-order valence-electron chi connectivity index (χ4n) is 1.33. The highest BCUT2D eigenvalue weighted by Gasteiger charge is 2.27. The Kier molecular flexibility index (Phi) is 3.98. The zero-order chi connectivity index (χ0) is 10.6. The molecule has 1 atom stereocenters. The summed E-state index contributed by atoms with van der Waals surface area (Å²) in [5, 5.41) is -0.0860. The number of rotatable bonds is 1. The Morgan fingerprint density at radius 3 is 3.07 bits per heavy atom. The first kappa shape index (κ1) is 11.1. The molecule has 0 saturated carbocycles. The lowest BCUT2D eigenvalue weighted by Gasteiger charge is -2.28. The van der Waals surface area contributed by atoms with Crippen LogP contribution in [0.3, 0.4) is 0 Å². The Bertz CT molecular complexity index is 273. The van der Waals surface area contributed by atoms with E-state index >= 15 is 0 Å². The molecule has 1 heterocycles. The summed E-state index contributed by atoms with van der Waals surface area (Å²) in [6, 6.07) is 0. The Morgan fingerprint density at radius 1 is 1.79 bits per heavy atom. The van der Waals surface area contributed by atoms with Crippen LogP contribution < -0.4 is 0 Å². The van der Waals surface area contributed by atoms with Crippen molar-refractivity contribution in [3.63, 3.8) is 0 Å². The van der Waals surface area contributed by atoms with E-state index in [1.54, 1.807) is 12.9 Å². The lowest BCUT2D eigenvalue weighted by atomic mass is 10.1. The van der Waals surface area contributed by atoms with Crippen molar-refractivity contribution >= 4 is 23.6 Å². The van der Waals surface area contributed by atoms with Gasteiger partial charge in [-0.15, -0.1) is 11.6 Å². The van der Waals surface area contributed by atoms with Gasteiger partial charge in [-0.3, -0.25) is 4.90 Å². The molecule has 1 aliphatic rings. The van der Waals surface area contributed by atoms with E-state index in [9.17, 15) is 9.59 Å². The van der Waals surface area contributed by atoms with Gasteiger partial charge in [0, 0.05) is 18.3 Å². The molecule has 14 heavy (non-hydrogen) atoms. The molecular formula is C9H12ClNO3. The van der Waals surface area contributed by atoms with Gasteiger partial charge in [-0.1, -0.05) is 0 Å². The highest BCUT2D eigenvalue weighted by atomic mass is 35.5. The predicted molar refractivity (Wildman–Crippen MR) is 51.8 cm³/mol. The van der Waals surface area contributed by atoms with E-state index in [2.05, 4.69) is 0 Å². The van der Waals surface area contributed by atoms with Gasteiger partial charge in [0.05, 0.1) is 6.61 Å². The minimum Gasteiger partial charge on any atom is -0.449 e. The third-order valence-electron chi connectivity index (χ3n) is 2.01. The lowest BCUT2D eigenvalue weighted by Crippen LogP contribution is -2.37. The molecule has 4 nitrogen and oxygen atoms in total. The van der Waals surface area contributed by atoms with Crippen molar-refractivity contribution in [3.05, 3.63) is 5.70 Å². The zero-order valence-electron chi connectivity index (χ0n) is 7.96. The fraction of sp³-hybridized carbons (Fsp3) is 0.667. The molecule has 0 radical (unpaired) electrons. The number of allylic oxidation sites excluding steroid dienone is 1. The van der Waals surface area contributed by atoms with Crippen LogP contribution >= 0.6 is 11.6 Å². The Labute approximate surface area is 87.5 Å². The molecule has 5 heteroatoms. The first-order chi connectivity index (χ1) is 6.69. The number of hydrogen-bond acceptors (Lipinski definition) is 3. The van der Waals surface area contributed by atoms with Crippen LogP contribution in [-0.4, -0.2) is 35.5 Å². The molecule has 1 aliphatic heterocycles. The van der Waals surface area contributed by atoms with Gasteiger partial charge in [0.25, 0.3) is 0 Å². The molecule has 0 spiro atoms. The van der Waals surface area contributed by atoms with Crippen molar-refractivity contribution in [2.45, 2.75) is 25.1 Å². The average Bonchev–Trinajstić information content (AvgIpc) is 2.17. The predicted octanol–water partition coefficient (Wildman–Crippen LogP) is 1.56. The molecule has 1 saturated heterocycles. The third-order valence-corrected chi connectivity index (χ3v) is 2.39. The van der Waals surface area contributed by atoms with E-state index in [1.165, 1.54) is 4.90 Å². The van der Waals surface area contributed by atoms with Crippen LogP contribution in [0.4, 0.5) is 4.79 Å². The SMILES string of the molecule is CCOC(=O)N1CCC(Cl)CC1=C=O. The number of alkyl halides is 1. The van der Waals surface area contributed by atoms with Crippen LogP contribution in [0.2, 0.25) is 0 Å². The van der Waals surface area contributed by atoms with Gasteiger partial charge in [-0.2, -0.15) is 0 Å². The van der Waals surface area contributed by atoms with Crippen molar-refractivity contribution in [2.75, 3.05) is 13.2 Å². The third kappa shape index (κ3) is 2.50. The number of likely N-dealkylation sites (tertiary alicyclic amines) is 1. The molecule has 0 N–H and O–H groups in total. The quantitative estimate of drug-likeness (QED) is 0.495. The number of halogens is 1. The van der Waals surface area contributed by atoms with Crippen molar-refractivity contribution in [1.82, 2.24) is 4.90 Å². The zero-order valence-corrected chi connectivity index (χ0v) is 8.71. The minimum absolute atomic E-state index is 0.0860. The molecule has 78 valence electrons. The summed E-state index contributed by atoms with van der Waals surface area (Å²) in [4.78, 5) is 23.2. The number of carbonyl (C=O) groups excluding carboxylic acids is 2. The molecular weight excluding hydrogens is 206 g/mol. The van der Waals surface area contributed by atoms with E-state index in [1.807, 2.05) is 0 Å². The summed E-state index contributed by atoms with van der Waals surface area (Å²) in [7, 11) is 0. The maximum Gasteiger partial charge on any atom is 0.414 e. The van der Waals surface area contributed by atoms with Crippen molar-refractivity contribution in [1.29, 1.82) is 0 Å². The van der Waals surface area contributed by atoms with Gasteiger partial charge in [-0.05, 0) is 13.3 Å².